The molecule has 0 aliphatic heterocycles. The zero-order valence-corrected chi connectivity index (χ0v) is 11.9. The highest BCUT2D eigenvalue weighted by atomic mass is 35.5. The van der Waals surface area contributed by atoms with E-state index in [1.807, 2.05) is 6.92 Å². The molecule has 5 nitrogen and oxygen atoms in total. The van der Waals surface area contributed by atoms with E-state index < -0.39 is 18.4 Å². The topological polar surface area (TPSA) is 70.5 Å². The van der Waals surface area contributed by atoms with Gasteiger partial charge in [0, 0.05) is 11.3 Å². The molecule has 0 aromatic carbocycles. The summed E-state index contributed by atoms with van der Waals surface area (Å²) in [5.41, 5.74) is 0.990. The maximum absolute atomic E-state index is 12.3. The Kier molecular flexibility index (Phi) is 6.01. The van der Waals surface area contributed by atoms with Crippen LogP contribution in [0.2, 0.25) is 5.15 Å². The summed E-state index contributed by atoms with van der Waals surface area (Å²) in [5.74, 6) is 0.683. The van der Waals surface area contributed by atoms with E-state index in [-0.39, 0.29) is 11.7 Å². The molecule has 1 heterocycles. The summed E-state index contributed by atoms with van der Waals surface area (Å²) >= 11 is 5.88. The summed E-state index contributed by atoms with van der Waals surface area (Å²) in [6, 6.07) is 3.03. The SMILES string of the molecule is C#CCN(CC(=O)O)C(=O)c1cc(Cl)nc(CCC)c1. The van der Waals surface area contributed by atoms with Crippen molar-refractivity contribution < 1.29 is 14.7 Å². The van der Waals surface area contributed by atoms with Crippen molar-refractivity contribution in [3.63, 3.8) is 0 Å². The maximum atomic E-state index is 12.3. The third-order valence-corrected chi connectivity index (χ3v) is 2.69. The molecule has 0 atom stereocenters. The molecule has 0 radical (unpaired) electrons. The fraction of sp³-hybridized carbons (Fsp3) is 0.357. The van der Waals surface area contributed by atoms with Crippen molar-refractivity contribution in [1.82, 2.24) is 9.88 Å². The van der Waals surface area contributed by atoms with E-state index in [4.69, 9.17) is 23.1 Å². The minimum Gasteiger partial charge on any atom is -0.480 e. The highest BCUT2D eigenvalue weighted by Gasteiger charge is 2.19. The number of aryl methyl sites for hydroxylation is 1. The second-order valence-corrected chi connectivity index (χ2v) is 4.57. The highest BCUT2D eigenvalue weighted by molar-refractivity contribution is 6.29. The van der Waals surface area contributed by atoms with Crippen LogP contribution in [-0.2, 0) is 11.2 Å². The van der Waals surface area contributed by atoms with E-state index in [0.717, 1.165) is 11.3 Å². The number of halogens is 1. The summed E-state index contributed by atoms with van der Waals surface area (Å²) in [5, 5.41) is 9.00. The van der Waals surface area contributed by atoms with Crippen molar-refractivity contribution in [2.24, 2.45) is 0 Å². The van der Waals surface area contributed by atoms with Crippen molar-refractivity contribution in [3.05, 3.63) is 28.5 Å². The Hall–Kier alpha value is -2.06. The minimum atomic E-state index is -1.12. The van der Waals surface area contributed by atoms with Gasteiger partial charge in [-0.15, -0.1) is 6.42 Å². The van der Waals surface area contributed by atoms with E-state index in [1.165, 1.54) is 6.07 Å². The van der Waals surface area contributed by atoms with Gasteiger partial charge in [0.25, 0.3) is 5.91 Å². The summed E-state index contributed by atoms with van der Waals surface area (Å²) in [6.45, 7) is 1.46. The number of aliphatic carboxylic acids is 1. The van der Waals surface area contributed by atoms with Gasteiger partial charge < -0.3 is 10.0 Å². The molecule has 20 heavy (non-hydrogen) atoms. The molecule has 6 heteroatoms. The van der Waals surface area contributed by atoms with E-state index in [1.54, 1.807) is 6.07 Å². The van der Waals surface area contributed by atoms with Crippen LogP contribution in [0, 0.1) is 12.3 Å². The van der Waals surface area contributed by atoms with Gasteiger partial charge in [-0.05, 0) is 18.6 Å². The van der Waals surface area contributed by atoms with Crippen molar-refractivity contribution in [2.45, 2.75) is 19.8 Å². The first-order valence-electron chi connectivity index (χ1n) is 6.09. The molecule has 0 fully saturated rings. The van der Waals surface area contributed by atoms with Gasteiger partial charge in [0.1, 0.15) is 11.7 Å². The molecular weight excluding hydrogens is 280 g/mol. The van der Waals surface area contributed by atoms with Crippen LogP contribution in [-0.4, -0.2) is 40.0 Å². The van der Waals surface area contributed by atoms with Crippen LogP contribution in [0.4, 0.5) is 0 Å². The predicted octanol–water partition coefficient (Wildman–Crippen LogP) is 1.85. The van der Waals surface area contributed by atoms with Gasteiger partial charge in [0.2, 0.25) is 0 Å². The van der Waals surface area contributed by atoms with Gasteiger partial charge in [0.05, 0.1) is 6.54 Å². The molecule has 1 aromatic rings. The summed E-state index contributed by atoms with van der Waals surface area (Å²) in [6.07, 6.45) is 6.71. The molecule has 0 saturated heterocycles. The first-order chi connectivity index (χ1) is 9.47. The third-order valence-electron chi connectivity index (χ3n) is 2.50. The number of carbonyl (C=O) groups excluding carboxylic acids is 1. The average Bonchev–Trinajstić information content (AvgIpc) is 2.36. The molecule has 0 bridgehead atoms. The number of aromatic nitrogens is 1. The lowest BCUT2D eigenvalue weighted by Gasteiger charge is -2.18. The minimum absolute atomic E-state index is 0.0752. The Balaban J connectivity index is 3.04. The summed E-state index contributed by atoms with van der Waals surface area (Å²) in [4.78, 5) is 28.2. The fourth-order valence-electron chi connectivity index (χ4n) is 1.71. The summed E-state index contributed by atoms with van der Waals surface area (Å²) < 4.78 is 0. The van der Waals surface area contributed by atoms with Gasteiger partial charge in [-0.1, -0.05) is 30.9 Å². The zero-order chi connectivity index (χ0) is 15.1. The number of carboxylic acids is 1. The Morgan fingerprint density at radius 1 is 1.50 bits per heavy atom. The van der Waals surface area contributed by atoms with E-state index in [9.17, 15) is 9.59 Å². The molecule has 1 amide bonds. The number of carboxylic acid groups (broad SMARTS) is 1. The zero-order valence-electron chi connectivity index (χ0n) is 11.1. The molecule has 0 unspecified atom stereocenters. The Morgan fingerprint density at radius 3 is 2.75 bits per heavy atom. The number of amides is 1. The first-order valence-corrected chi connectivity index (χ1v) is 6.46. The van der Waals surface area contributed by atoms with E-state index in [2.05, 4.69) is 10.9 Å². The number of hydrogen-bond acceptors (Lipinski definition) is 3. The van der Waals surface area contributed by atoms with Crippen molar-refractivity contribution >= 4 is 23.5 Å². The Labute approximate surface area is 122 Å². The van der Waals surface area contributed by atoms with Crippen molar-refractivity contribution in [3.8, 4) is 12.3 Å². The normalized spacial score (nSPS) is 9.85. The van der Waals surface area contributed by atoms with Gasteiger partial charge in [0.15, 0.2) is 0 Å². The molecule has 0 spiro atoms. The van der Waals surface area contributed by atoms with Crippen LogP contribution in [0.3, 0.4) is 0 Å². The quantitative estimate of drug-likeness (QED) is 0.642. The van der Waals surface area contributed by atoms with Gasteiger partial charge in [-0.3, -0.25) is 9.59 Å². The third kappa shape index (κ3) is 4.56. The van der Waals surface area contributed by atoms with Crippen LogP contribution in [0.25, 0.3) is 0 Å². The van der Waals surface area contributed by atoms with Crippen LogP contribution < -0.4 is 0 Å². The van der Waals surface area contributed by atoms with E-state index in [0.29, 0.717) is 17.7 Å². The van der Waals surface area contributed by atoms with Crippen molar-refractivity contribution in [1.29, 1.82) is 0 Å². The number of pyridine rings is 1. The molecular formula is C14H15ClN2O3. The number of carbonyl (C=O) groups is 2. The van der Waals surface area contributed by atoms with Crippen LogP contribution in [0.1, 0.15) is 29.4 Å². The number of terminal acetylenes is 1. The summed E-state index contributed by atoms with van der Waals surface area (Å²) in [7, 11) is 0. The number of nitrogens with zero attached hydrogens (tertiary/aromatic N) is 2. The van der Waals surface area contributed by atoms with E-state index >= 15 is 0 Å². The maximum Gasteiger partial charge on any atom is 0.323 e. The molecule has 1 aromatic heterocycles. The molecule has 0 aliphatic rings. The van der Waals surface area contributed by atoms with Crippen LogP contribution >= 0.6 is 11.6 Å². The molecule has 0 aliphatic carbocycles. The molecule has 1 N–H and O–H groups in total. The predicted molar refractivity (Wildman–Crippen MR) is 75.6 cm³/mol. The van der Waals surface area contributed by atoms with Gasteiger partial charge in [-0.2, -0.15) is 0 Å². The fourth-order valence-corrected chi connectivity index (χ4v) is 1.94. The smallest absolute Gasteiger partial charge is 0.323 e. The van der Waals surface area contributed by atoms with Gasteiger partial charge >= 0.3 is 5.97 Å². The highest BCUT2D eigenvalue weighted by Crippen LogP contribution is 2.14. The largest absolute Gasteiger partial charge is 0.480 e. The standard InChI is InChI=1S/C14H15ClN2O3/c1-3-5-11-7-10(8-12(15)16-11)14(20)17(6-4-2)9-13(18)19/h2,7-8H,3,5-6,9H2,1H3,(H,18,19). The second kappa shape index (κ2) is 7.51. The van der Waals surface area contributed by atoms with Gasteiger partial charge in [-0.25, -0.2) is 4.98 Å². The lowest BCUT2D eigenvalue weighted by atomic mass is 10.1. The van der Waals surface area contributed by atoms with Crippen molar-refractivity contribution in [2.75, 3.05) is 13.1 Å². The van der Waals surface area contributed by atoms with Crippen LogP contribution in [0.15, 0.2) is 12.1 Å². The first kappa shape index (κ1) is 16.0. The Bertz CT molecular complexity index is 552. The van der Waals surface area contributed by atoms with Crippen LogP contribution in [0.5, 0.6) is 0 Å². The lowest BCUT2D eigenvalue weighted by molar-refractivity contribution is -0.137. The molecule has 106 valence electrons. The molecule has 1 rings (SSSR count). The second-order valence-electron chi connectivity index (χ2n) is 4.18. The molecule has 0 saturated carbocycles. The Morgan fingerprint density at radius 2 is 2.20 bits per heavy atom. The monoisotopic (exact) mass is 294 g/mol. The average molecular weight is 295 g/mol. The number of hydrogen-bond donors (Lipinski definition) is 1. The number of rotatable bonds is 6. The lowest BCUT2D eigenvalue weighted by Crippen LogP contribution is -2.36.